The van der Waals surface area contributed by atoms with Crippen molar-refractivity contribution in [2.75, 3.05) is 16.8 Å². The third-order valence-corrected chi connectivity index (χ3v) is 7.36. The van der Waals surface area contributed by atoms with Crippen molar-refractivity contribution >= 4 is 56.5 Å². The highest BCUT2D eigenvalue weighted by Gasteiger charge is 2.19. The number of hydroxylamine groups is 1. The lowest BCUT2D eigenvalue weighted by molar-refractivity contribution is 0.102. The first-order chi connectivity index (χ1) is 19.2. The van der Waals surface area contributed by atoms with Crippen molar-refractivity contribution in [3.63, 3.8) is 0 Å². The number of sulfonamides is 1. The number of nitrogens with zero attached hydrogens (tertiary/aromatic N) is 1. The Morgan fingerprint density at radius 1 is 0.900 bits per heavy atom. The average molecular weight is 602 g/mol. The summed E-state index contributed by atoms with van der Waals surface area (Å²) in [7, 11) is -4.04. The average Bonchev–Trinajstić information content (AvgIpc) is 2.95. The van der Waals surface area contributed by atoms with Crippen LogP contribution in [0.15, 0.2) is 90.0 Å². The van der Waals surface area contributed by atoms with Crippen LogP contribution in [0.2, 0.25) is 10.0 Å². The highest BCUT2D eigenvalue weighted by Crippen LogP contribution is 2.30. The van der Waals surface area contributed by atoms with E-state index in [1.807, 2.05) is 6.07 Å². The van der Waals surface area contributed by atoms with Crippen LogP contribution >= 0.6 is 23.2 Å². The first-order valence-electron chi connectivity index (χ1n) is 11.4. The molecular weight excluding hydrogens is 581 g/mol. The van der Waals surface area contributed by atoms with Gasteiger partial charge in [0.25, 0.3) is 15.9 Å². The predicted molar refractivity (Wildman–Crippen MR) is 150 cm³/mol. The normalized spacial score (nSPS) is 10.9. The maximum absolute atomic E-state index is 12.9. The summed E-state index contributed by atoms with van der Waals surface area (Å²) in [5.74, 6) is -0.204. The molecule has 4 rings (SSSR count). The van der Waals surface area contributed by atoms with Crippen LogP contribution in [0.25, 0.3) is 11.3 Å². The van der Waals surface area contributed by atoms with Crippen molar-refractivity contribution in [3.05, 3.63) is 101 Å². The van der Waals surface area contributed by atoms with E-state index in [9.17, 15) is 18.0 Å². The Bertz CT molecular complexity index is 1640. The maximum Gasteiger partial charge on any atom is 0.341 e. The fraction of sp³-hybridized carbons (Fsp3) is 0.0385. The second-order valence-corrected chi connectivity index (χ2v) is 10.5. The third kappa shape index (κ3) is 7.18. The minimum absolute atomic E-state index is 0.0672. The molecule has 1 aromatic heterocycles. The van der Waals surface area contributed by atoms with Crippen LogP contribution in [0.4, 0.5) is 16.2 Å². The van der Waals surface area contributed by atoms with Crippen LogP contribution < -0.4 is 25.6 Å². The van der Waals surface area contributed by atoms with Gasteiger partial charge in [0.15, 0.2) is 6.73 Å². The number of rotatable bonds is 9. The molecule has 0 aliphatic carbocycles. The highest BCUT2D eigenvalue weighted by atomic mass is 35.5. The molecule has 0 saturated carbocycles. The Hall–Kier alpha value is -4.36. The number of carbonyl (C=O) groups is 2. The van der Waals surface area contributed by atoms with E-state index in [2.05, 4.69) is 20.3 Å². The second kappa shape index (κ2) is 12.7. The van der Waals surface area contributed by atoms with E-state index in [0.717, 1.165) is 0 Å². The standard InChI is InChI=1S/C26H21Cl2N5O6S/c27-22-11-6-17(13-21(22)24-3-1-2-12-29-24)31-25(34)20-10-9-19(14-23(20)28)40(37,38)33-16-4-7-18(8-5-16)39-15-30-26(35)32-36/h1-14,33,36H,15H2,(H,31,34)(H2,30,32,35). The molecule has 3 aromatic carbocycles. The zero-order valence-electron chi connectivity index (χ0n) is 20.4. The number of benzene rings is 3. The number of hydrogen-bond acceptors (Lipinski definition) is 7. The van der Waals surface area contributed by atoms with Gasteiger partial charge in [-0.1, -0.05) is 29.3 Å². The number of halogens is 2. The van der Waals surface area contributed by atoms with Crippen molar-refractivity contribution in [2.45, 2.75) is 4.90 Å². The molecule has 3 amide bonds. The lowest BCUT2D eigenvalue weighted by atomic mass is 10.1. The fourth-order valence-electron chi connectivity index (χ4n) is 3.42. The molecule has 11 nitrogen and oxygen atoms in total. The first kappa shape index (κ1) is 28.6. The number of amides is 3. The Labute approximate surface area is 239 Å². The lowest BCUT2D eigenvalue weighted by Crippen LogP contribution is -2.35. The van der Waals surface area contributed by atoms with E-state index < -0.39 is 22.0 Å². The van der Waals surface area contributed by atoms with Gasteiger partial charge in [-0.05, 0) is 72.8 Å². The van der Waals surface area contributed by atoms with Gasteiger partial charge in [-0.2, -0.15) is 0 Å². The summed E-state index contributed by atoms with van der Waals surface area (Å²) < 4.78 is 33.5. The van der Waals surface area contributed by atoms with E-state index in [4.69, 9.17) is 33.1 Å². The van der Waals surface area contributed by atoms with Gasteiger partial charge in [0.05, 0.1) is 26.2 Å². The molecule has 40 heavy (non-hydrogen) atoms. The zero-order chi connectivity index (χ0) is 28.7. The molecule has 0 unspecified atom stereocenters. The van der Waals surface area contributed by atoms with Gasteiger partial charge in [-0.15, -0.1) is 0 Å². The summed E-state index contributed by atoms with van der Waals surface area (Å²) in [4.78, 5) is 28.0. The zero-order valence-corrected chi connectivity index (χ0v) is 22.7. The Balaban J connectivity index is 1.43. The summed E-state index contributed by atoms with van der Waals surface area (Å²) in [5, 5.41) is 13.8. The molecular formula is C26H21Cl2N5O6S. The molecule has 14 heteroatoms. The summed E-state index contributed by atoms with van der Waals surface area (Å²) in [6, 6.07) is 19.1. The second-order valence-electron chi connectivity index (χ2n) is 8.04. The Kier molecular flexibility index (Phi) is 9.07. The molecule has 1 heterocycles. The lowest BCUT2D eigenvalue weighted by Gasteiger charge is -2.12. The summed E-state index contributed by atoms with van der Waals surface area (Å²) in [6.07, 6.45) is 1.63. The van der Waals surface area contributed by atoms with Gasteiger partial charge < -0.3 is 15.4 Å². The molecule has 0 radical (unpaired) electrons. The number of nitrogens with one attached hydrogen (secondary N) is 4. The molecule has 0 aliphatic rings. The van der Waals surface area contributed by atoms with Gasteiger partial charge in [-0.25, -0.2) is 18.7 Å². The molecule has 5 N–H and O–H groups in total. The molecule has 206 valence electrons. The molecule has 0 bridgehead atoms. The minimum atomic E-state index is -4.04. The van der Waals surface area contributed by atoms with Crippen LogP contribution in [0.5, 0.6) is 5.75 Å². The summed E-state index contributed by atoms with van der Waals surface area (Å²) >= 11 is 12.6. The van der Waals surface area contributed by atoms with Crippen LogP contribution in [-0.2, 0) is 10.0 Å². The van der Waals surface area contributed by atoms with Crippen molar-refractivity contribution in [2.24, 2.45) is 0 Å². The number of anilines is 2. The summed E-state index contributed by atoms with van der Waals surface area (Å²) in [5.41, 5.74) is 3.41. The predicted octanol–water partition coefficient (Wildman–Crippen LogP) is 5.13. The number of pyridine rings is 1. The van der Waals surface area contributed by atoms with Crippen molar-refractivity contribution in [3.8, 4) is 17.0 Å². The van der Waals surface area contributed by atoms with Gasteiger partial charge >= 0.3 is 6.03 Å². The monoisotopic (exact) mass is 601 g/mol. The van der Waals surface area contributed by atoms with E-state index in [1.165, 1.54) is 47.9 Å². The summed E-state index contributed by atoms with van der Waals surface area (Å²) in [6.45, 7) is -0.223. The number of hydrogen-bond donors (Lipinski definition) is 5. The van der Waals surface area contributed by atoms with Gasteiger partial charge in [0, 0.05) is 23.1 Å². The van der Waals surface area contributed by atoms with Gasteiger partial charge in [0.1, 0.15) is 5.75 Å². The number of aromatic nitrogens is 1. The van der Waals surface area contributed by atoms with Crippen molar-refractivity contribution in [1.29, 1.82) is 0 Å². The Morgan fingerprint density at radius 2 is 1.65 bits per heavy atom. The van der Waals surface area contributed by atoms with E-state index in [0.29, 0.717) is 27.7 Å². The topological polar surface area (TPSA) is 159 Å². The number of carbonyl (C=O) groups excluding carboxylic acids is 2. The molecule has 0 atom stereocenters. The fourth-order valence-corrected chi connectivity index (χ4v) is 5.05. The maximum atomic E-state index is 12.9. The van der Waals surface area contributed by atoms with Gasteiger partial charge in [-0.3, -0.25) is 19.7 Å². The third-order valence-electron chi connectivity index (χ3n) is 5.34. The smallest absolute Gasteiger partial charge is 0.341 e. The molecule has 0 saturated heterocycles. The van der Waals surface area contributed by atoms with Crippen molar-refractivity contribution < 1.29 is 28.0 Å². The molecule has 0 spiro atoms. The van der Waals surface area contributed by atoms with Crippen molar-refractivity contribution in [1.82, 2.24) is 15.8 Å². The SMILES string of the molecule is O=C(NO)NCOc1ccc(NS(=O)(=O)c2ccc(C(=O)Nc3ccc(Cl)c(-c4ccccn4)c3)c(Cl)c2)cc1. The quantitative estimate of drug-likeness (QED) is 0.101. The van der Waals surface area contributed by atoms with E-state index in [-0.39, 0.29) is 27.9 Å². The number of urea groups is 1. The number of ether oxygens (including phenoxy) is 1. The molecule has 4 aromatic rings. The molecule has 0 aliphatic heterocycles. The minimum Gasteiger partial charge on any atom is -0.473 e. The van der Waals surface area contributed by atoms with Gasteiger partial charge in [0.2, 0.25) is 0 Å². The first-order valence-corrected chi connectivity index (χ1v) is 13.7. The highest BCUT2D eigenvalue weighted by molar-refractivity contribution is 7.92. The van der Waals surface area contributed by atoms with Crippen LogP contribution in [0.1, 0.15) is 10.4 Å². The van der Waals surface area contributed by atoms with Crippen LogP contribution in [0, 0.1) is 0 Å². The largest absolute Gasteiger partial charge is 0.473 e. The Morgan fingerprint density at radius 3 is 2.33 bits per heavy atom. The van der Waals surface area contributed by atoms with E-state index >= 15 is 0 Å². The van der Waals surface area contributed by atoms with Crippen LogP contribution in [-0.4, -0.2) is 37.3 Å². The van der Waals surface area contributed by atoms with Crippen LogP contribution in [0.3, 0.4) is 0 Å². The molecule has 0 fully saturated rings. The van der Waals surface area contributed by atoms with E-state index in [1.54, 1.807) is 36.5 Å².